The van der Waals surface area contributed by atoms with Crippen molar-refractivity contribution >= 4 is 17.7 Å². The summed E-state index contributed by atoms with van der Waals surface area (Å²) in [7, 11) is 0. The van der Waals surface area contributed by atoms with Gasteiger partial charge in [-0.1, -0.05) is 18.3 Å². The zero-order valence-electron chi connectivity index (χ0n) is 11.3. The summed E-state index contributed by atoms with van der Waals surface area (Å²) in [6, 6.07) is 0. The van der Waals surface area contributed by atoms with E-state index < -0.39 is 17.5 Å². The minimum Gasteiger partial charge on any atom is -0.478 e. The first-order valence-corrected chi connectivity index (χ1v) is 5.10. The first-order valence-electron chi connectivity index (χ1n) is 5.10. The fraction of sp³-hybridized carbons (Fsp3) is 0.417. The standard InChI is InChI=1S/C6H13NO2.2C3H4O2/c1-5(7-9)4-6(2,3)8;2*1-2-3(4)5/h8-9H,4H2,1-3H3;2*2H,1H2,(H,4,5). The van der Waals surface area contributed by atoms with Gasteiger partial charge in [0.05, 0.1) is 11.3 Å². The molecule has 0 unspecified atom stereocenters. The van der Waals surface area contributed by atoms with Gasteiger partial charge in [-0.05, 0) is 20.8 Å². The van der Waals surface area contributed by atoms with Gasteiger partial charge in [0.2, 0.25) is 0 Å². The number of carboxylic acid groups (broad SMARTS) is 2. The molecule has 0 aliphatic heterocycles. The summed E-state index contributed by atoms with van der Waals surface area (Å²) in [5.41, 5.74) is -0.224. The molecule has 110 valence electrons. The molecule has 0 atom stereocenters. The van der Waals surface area contributed by atoms with Gasteiger partial charge >= 0.3 is 11.9 Å². The van der Waals surface area contributed by atoms with E-state index in [1.807, 2.05) is 0 Å². The second-order valence-corrected chi connectivity index (χ2v) is 3.91. The number of nitrogens with zero attached hydrogens (tertiary/aromatic N) is 1. The molecular formula is C12H21NO6. The topological polar surface area (TPSA) is 127 Å². The largest absolute Gasteiger partial charge is 0.478 e. The van der Waals surface area contributed by atoms with Crippen molar-refractivity contribution in [1.82, 2.24) is 0 Å². The van der Waals surface area contributed by atoms with Crippen molar-refractivity contribution in [1.29, 1.82) is 0 Å². The van der Waals surface area contributed by atoms with Crippen LogP contribution in [0.1, 0.15) is 27.2 Å². The van der Waals surface area contributed by atoms with Crippen LogP contribution in [0.5, 0.6) is 0 Å². The van der Waals surface area contributed by atoms with Gasteiger partial charge in [0, 0.05) is 18.6 Å². The van der Waals surface area contributed by atoms with E-state index in [2.05, 4.69) is 18.3 Å². The molecule has 19 heavy (non-hydrogen) atoms. The maximum Gasteiger partial charge on any atom is 0.327 e. The maximum absolute atomic E-state index is 9.25. The molecule has 0 saturated carbocycles. The smallest absolute Gasteiger partial charge is 0.327 e. The molecule has 0 aromatic heterocycles. The number of hydrogen-bond donors (Lipinski definition) is 4. The Morgan fingerprint density at radius 2 is 1.42 bits per heavy atom. The van der Waals surface area contributed by atoms with Crippen molar-refractivity contribution in [3.8, 4) is 0 Å². The van der Waals surface area contributed by atoms with Crippen molar-refractivity contribution in [2.24, 2.45) is 5.16 Å². The number of hydrogen-bond acceptors (Lipinski definition) is 5. The zero-order chi connectivity index (χ0) is 16.1. The third-order valence-electron chi connectivity index (χ3n) is 1.21. The van der Waals surface area contributed by atoms with E-state index in [9.17, 15) is 9.59 Å². The van der Waals surface area contributed by atoms with E-state index in [1.165, 1.54) is 0 Å². The highest BCUT2D eigenvalue weighted by molar-refractivity contribution is 5.82. The molecule has 0 amide bonds. The Labute approximate surface area is 112 Å². The molecule has 4 N–H and O–H groups in total. The number of aliphatic carboxylic acids is 2. The molecule has 0 fully saturated rings. The number of oxime groups is 1. The van der Waals surface area contributed by atoms with E-state index in [4.69, 9.17) is 20.5 Å². The highest BCUT2D eigenvalue weighted by Crippen LogP contribution is 2.07. The Balaban J connectivity index is -0.000000219. The minimum atomic E-state index is -0.981. The number of carboxylic acids is 2. The molecule has 0 radical (unpaired) electrons. The van der Waals surface area contributed by atoms with Crippen LogP contribution in [0.3, 0.4) is 0 Å². The number of carbonyl (C=O) groups is 2. The van der Waals surface area contributed by atoms with Crippen molar-refractivity contribution in [2.45, 2.75) is 32.8 Å². The second-order valence-electron chi connectivity index (χ2n) is 3.91. The van der Waals surface area contributed by atoms with Crippen molar-refractivity contribution in [2.75, 3.05) is 0 Å². The van der Waals surface area contributed by atoms with Gasteiger partial charge in [-0.25, -0.2) is 9.59 Å². The lowest BCUT2D eigenvalue weighted by Gasteiger charge is -2.14. The fourth-order valence-electron chi connectivity index (χ4n) is 0.661. The summed E-state index contributed by atoms with van der Waals surface area (Å²) in [4.78, 5) is 18.5. The Bertz CT molecular complexity index is 310. The number of rotatable bonds is 4. The lowest BCUT2D eigenvalue weighted by Crippen LogP contribution is -2.21. The zero-order valence-corrected chi connectivity index (χ0v) is 11.3. The summed E-state index contributed by atoms with van der Waals surface area (Å²) < 4.78 is 0. The van der Waals surface area contributed by atoms with Gasteiger partial charge in [0.1, 0.15) is 0 Å². The third kappa shape index (κ3) is 38.8. The SMILES string of the molecule is C=CC(=O)O.C=CC(=O)O.CC(CC(C)(C)O)=NO. The van der Waals surface area contributed by atoms with Crippen molar-refractivity contribution < 1.29 is 30.1 Å². The first-order chi connectivity index (χ1) is 8.49. The maximum atomic E-state index is 9.25. The van der Waals surface area contributed by atoms with Crippen LogP contribution < -0.4 is 0 Å². The molecule has 0 saturated heterocycles. The van der Waals surface area contributed by atoms with Crippen LogP contribution in [0.2, 0.25) is 0 Å². The molecule has 0 aromatic rings. The van der Waals surface area contributed by atoms with Crippen molar-refractivity contribution in [3.63, 3.8) is 0 Å². The molecule has 7 heteroatoms. The summed E-state index contributed by atoms with van der Waals surface area (Å²) in [6.07, 6.45) is 2.07. The van der Waals surface area contributed by atoms with E-state index in [-0.39, 0.29) is 0 Å². The Morgan fingerprint density at radius 3 is 1.47 bits per heavy atom. The van der Waals surface area contributed by atoms with Gasteiger partial charge in [0.15, 0.2) is 0 Å². The molecule has 0 aromatic carbocycles. The Kier molecular flexibility index (Phi) is 14.3. The first kappa shape index (κ1) is 22.1. The normalized spacial score (nSPS) is 10.0. The molecule has 7 nitrogen and oxygen atoms in total. The molecule has 0 bridgehead atoms. The molecular weight excluding hydrogens is 254 g/mol. The predicted molar refractivity (Wildman–Crippen MR) is 71.5 cm³/mol. The summed E-state index contributed by atoms with van der Waals surface area (Å²) in [5.74, 6) is -1.96. The molecule has 0 rings (SSSR count). The highest BCUT2D eigenvalue weighted by Gasteiger charge is 2.13. The van der Waals surface area contributed by atoms with E-state index in [0.717, 1.165) is 12.2 Å². The van der Waals surface area contributed by atoms with Crippen LogP contribution in [0.4, 0.5) is 0 Å². The molecule has 0 aliphatic carbocycles. The average Bonchev–Trinajstić information content (AvgIpc) is 2.28. The monoisotopic (exact) mass is 275 g/mol. The van der Waals surface area contributed by atoms with Gasteiger partial charge < -0.3 is 20.5 Å². The third-order valence-corrected chi connectivity index (χ3v) is 1.21. The Hall–Kier alpha value is -2.15. The van der Waals surface area contributed by atoms with Crippen LogP contribution in [-0.4, -0.2) is 43.8 Å². The lowest BCUT2D eigenvalue weighted by molar-refractivity contribution is -0.132. The Morgan fingerprint density at radius 1 is 1.16 bits per heavy atom. The van der Waals surface area contributed by atoms with E-state index in [1.54, 1.807) is 20.8 Å². The molecule has 0 aliphatic rings. The fourth-order valence-corrected chi connectivity index (χ4v) is 0.661. The summed E-state index contributed by atoms with van der Waals surface area (Å²) >= 11 is 0. The average molecular weight is 275 g/mol. The highest BCUT2D eigenvalue weighted by atomic mass is 16.4. The lowest BCUT2D eigenvalue weighted by atomic mass is 10.0. The van der Waals surface area contributed by atoms with Gasteiger partial charge in [0.25, 0.3) is 0 Å². The van der Waals surface area contributed by atoms with Crippen LogP contribution in [-0.2, 0) is 9.59 Å². The van der Waals surface area contributed by atoms with Gasteiger partial charge in [-0.15, -0.1) is 0 Å². The predicted octanol–water partition coefficient (Wildman–Crippen LogP) is 1.51. The number of aliphatic hydroxyl groups is 1. The second kappa shape index (κ2) is 12.3. The summed E-state index contributed by atoms with van der Waals surface area (Å²) in [6.45, 7) is 10.9. The molecule has 0 spiro atoms. The summed E-state index contributed by atoms with van der Waals surface area (Å²) in [5, 5.41) is 35.4. The van der Waals surface area contributed by atoms with Crippen LogP contribution in [0.15, 0.2) is 30.5 Å². The quantitative estimate of drug-likeness (QED) is 0.266. The van der Waals surface area contributed by atoms with Gasteiger partial charge in [-0.3, -0.25) is 0 Å². The van der Waals surface area contributed by atoms with Crippen LogP contribution in [0.25, 0.3) is 0 Å². The van der Waals surface area contributed by atoms with Crippen LogP contribution in [0, 0.1) is 0 Å². The van der Waals surface area contributed by atoms with Crippen molar-refractivity contribution in [3.05, 3.63) is 25.3 Å². The van der Waals surface area contributed by atoms with Crippen LogP contribution >= 0.6 is 0 Å². The molecule has 0 heterocycles. The van der Waals surface area contributed by atoms with E-state index >= 15 is 0 Å². The van der Waals surface area contributed by atoms with Gasteiger partial charge in [-0.2, -0.15) is 0 Å². The minimum absolute atomic E-state index is 0.406. The van der Waals surface area contributed by atoms with E-state index in [0.29, 0.717) is 12.1 Å².